The Hall–Kier alpha value is -1.15. The Balaban J connectivity index is 2.55. The van der Waals surface area contributed by atoms with Gasteiger partial charge < -0.3 is 0 Å². The first-order valence-corrected chi connectivity index (χ1v) is 5.25. The molecule has 0 saturated carbocycles. The zero-order chi connectivity index (χ0) is 9.97. The fraction of sp³-hybridized carbons (Fsp3) is 0.0833. The van der Waals surface area contributed by atoms with Crippen molar-refractivity contribution in [2.24, 2.45) is 0 Å². The van der Waals surface area contributed by atoms with Crippen molar-refractivity contribution in [1.29, 1.82) is 0 Å². The van der Waals surface area contributed by atoms with Crippen LogP contribution < -0.4 is 0 Å². The number of halogens is 1. The molecule has 0 unspecified atom stereocenters. The number of aromatic nitrogens is 1. The lowest BCUT2D eigenvalue weighted by molar-refractivity contribution is 1.26. The third-order valence-electron chi connectivity index (χ3n) is 2.14. The highest BCUT2D eigenvalue weighted by Crippen LogP contribution is 2.22. The van der Waals surface area contributed by atoms with Gasteiger partial charge in [0.05, 0.1) is 5.69 Å². The Morgan fingerprint density at radius 1 is 1.00 bits per heavy atom. The van der Waals surface area contributed by atoms with Gasteiger partial charge in [0.25, 0.3) is 0 Å². The molecule has 1 aromatic carbocycles. The van der Waals surface area contributed by atoms with Gasteiger partial charge in [-0.15, -0.1) is 0 Å². The molecule has 0 fully saturated rings. The molecular weight excluding hydrogens is 238 g/mol. The largest absolute Gasteiger partial charge is 0.241 e. The highest BCUT2D eigenvalue weighted by atomic mass is 79.9. The third kappa shape index (κ3) is 1.85. The zero-order valence-corrected chi connectivity index (χ0v) is 9.45. The lowest BCUT2D eigenvalue weighted by Crippen LogP contribution is -1.86. The number of rotatable bonds is 1. The van der Waals surface area contributed by atoms with Gasteiger partial charge in [-0.25, -0.2) is 4.98 Å². The van der Waals surface area contributed by atoms with Crippen molar-refractivity contribution in [3.05, 3.63) is 52.6 Å². The second-order valence-electron chi connectivity index (χ2n) is 3.16. The molecule has 2 heteroatoms. The second kappa shape index (κ2) is 3.93. The van der Waals surface area contributed by atoms with Gasteiger partial charge in [0, 0.05) is 5.56 Å². The summed E-state index contributed by atoms with van der Waals surface area (Å²) in [6.45, 7) is 2.10. The summed E-state index contributed by atoms with van der Waals surface area (Å²) in [5, 5.41) is 0. The zero-order valence-electron chi connectivity index (χ0n) is 7.87. The fourth-order valence-electron chi connectivity index (χ4n) is 1.42. The Morgan fingerprint density at radius 2 is 1.79 bits per heavy atom. The summed E-state index contributed by atoms with van der Waals surface area (Å²) in [5.74, 6) is 0. The van der Waals surface area contributed by atoms with E-state index in [-0.39, 0.29) is 0 Å². The molecule has 0 saturated heterocycles. The van der Waals surface area contributed by atoms with Crippen LogP contribution in [0.25, 0.3) is 11.3 Å². The summed E-state index contributed by atoms with van der Waals surface area (Å²) in [5.41, 5.74) is 3.45. The minimum Gasteiger partial charge on any atom is -0.241 e. The van der Waals surface area contributed by atoms with Gasteiger partial charge in [-0.3, -0.25) is 0 Å². The van der Waals surface area contributed by atoms with E-state index in [9.17, 15) is 0 Å². The molecule has 0 spiro atoms. The number of nitrogens with zero attached hydrogens (tertiary/aromatic N) is 1. The molecule has 14 heavy (non-hydrogen) atoms. The van der Waals surface area contributed by atoms with Crippen LogP contribution in [0.2, 0.25) is 0 Å². The highest BCUT2D eigenvalue weighted by Gasteiger charge is 2.01. The fourth-order valence-corrected chi connectivity index (χ4v) is 1.76. The van der Waals surface area contributed by atoms with Crippen LogP contribution >= 0.6 is 15.9 Å². The monoisotopic (exact) mass is 247 g/mol. The van der Waals surface area contributed by atoms with Gasteiger partial charge in [-0.05, 0) is 40.5 Å². The van der Waals surface area contributed by atoms with Crippen LogP contribution in [0.1, 0.15) is 5.56 Å². The van der Waals surface area contributed by atoms with Crippen LogP contribution in [0, 0.1) is 6.92 Å². The van der Waals surface area contributed by atoms with E-state index >= 15 is 0 Å². The summed E-state index contributed by atoms with van der Waals surface area (Å²) in [6, 6.07) is 14.2. The van der Waals surface area contributed by atoms with Crippen LogP contribution in [0.15, 0.2) is 47.1 Å². The van der Waals surface area contributed by atoms with Gasteiger partial charge in [-0.1, -0.05) is 30.3 Å². The molecule has 70 valence electrons. The SMILES string of the molecule is Cc1ccccc1-c1cccc(Br)n1. The van der Waals surface area contributed by atoms with Crippen molar-refractivity contribution < 1.29 is 0 Å². The van der Waals surface area contributed by atoms with E-state index < -0.39 is 0 Å². The van der Waals surface area contributed by atoms with Crippen LogP contribution in [0.3, 0.4) is 0 Å². The van der Waals surface area contributed by atoms with Crippen molar-refractivity contribution >= 4 is 15.9 Å². The summed E-state index contributed by atoms with van der Waals surface area (Å²) < 4.78 is 0.873. The molecular formula is C12H10BrN. The van der Waals surface area contributed by atoms with Gasteiger partial charge in [0.15, 0.2) is 0 Å². The first-order valence-electron chi connectivity index (χ1n) is 4.46. The van der Waals surface area contributed by atoms with E-state index in [1.54, 1.807) is 0 Å². The predicted molar refractivity (Wildman–Crippen MR) is 62.1 cm³/mol. The van der Waals surface area contributed by atoms with Crippen LogP contribution in [0.4, 0.5) is 0 Å². The molecule has 1 nitrogen and oxygen atoms in total. The molecule has 0 atom stereocenters. The minimum absolute atomic E-state index is 0.873. The average Bonchev–Trinajstić information content (AvgIpc) is 2.18. The van der Waals surface area contributed by atoms with E-state index in [1.807, 2.05) is 30.3 Å². The lowest BCUT2D eigenvalue weighted by Gasteiger charge is -2.04. The molecule has 0 bridgehead atoms. The second-order valence-corrected chi connectivity index (χ2v) is 3.97. The summed E-state index contributed by atoms with van der Waals surface area (Å²) in [6.07, 6.45) is 0. The Kier molecular flexibility index (Phi) is 2.64. The van der Waals surface area contributed by atoms with E-state index in [0.29, 0.717) is 0 Å². The summed E-state index contributed by atoms with van der Waals surface area (Å²) >= 11 is 3.37. The average molecular weight is 248 g/mol. The number of hydrogen-bond donors (Lipinski definition) is 0. The van der Waals surface area contributed by atoms with Gasteiger partial charge >= 0.3 is 0 Å². The maximum atomic E-state index is 4.42. The number of aryl methyl sites for hydroxylation is 1. The van der Waals surface area contributed by atoms with E-state index in [1.165, 1.54) is 11.1 Å². The molecule has 1 aromatic heterocycles. The Labute approximate surface area is 91.9 Å². The van der Waals surface area contributed by atoms with Crippen molar-refractivity contribution in [1.82, 2.24) is 4.98 Å². The molecule has 0 radical (unpaired) electrons. The van der Waals surface area contributed by atoms with Crippen molar-refractivity contribution in [2.45, 2.75) is 6.92 Å². The summed E-state index contributed by atoms with van der Waals surface area (Å²) in [4.78, 5) is 4.42. The molecule has 0 amide bonds. The van der Waals surface area contributed by atoms with Gasteiger partial charge in [-0.2, -0.15) is 0 Å². The normalized spacial score (nSPS) is 10.1. The van der Waals surface area contributed by atoms with E-state index in [4.69, 9.17) is 0 Å². The molecule has 2 aromatic rings. The smallest absolute Gasteiger partial charge is 0.106 e. The highest BCUT2D eigenvalue weighted by molar-refractivity contribution is 9.10. The molecule has 2 rings (SSSR count). The van der Waals surface area contributed by atoms with Crippen LogP contribution in [-0.4, -0.2) is 4.98 Å². The van der Waals surface area contributed by atoms with Crippen molar-refractivity contribution in [3.63, 3.8) is 0 Å². The third-order valence-corrected chi connectivity index (χ3v) is 2.58. The Morgan fingerprint density at radius 3 is 2.50 bits per heavy atom. The molecule has 0 N–H and O–H groups in total. The van der Waals surface area contributed by atoms with E-state index in [2.05, 4.69) is 40.0 Å². The van der Waals surface area contributed by atoms with E-state index in [0.717, 1.165) is 10.3 Å². The van der Waals surface area contributed by atoms with Crippen LogP contribution in [-0.2, 0) is 0 Å². The molecule has 0 aliphatic heterocycles. The van der Waals surface area contributed by atoms with Crippen molar-refractivity contribution in [3.8, 4) is 11.3 Å². The quantitative estimate of drug-likeness (QED) is 0.699. The van der Waals surface area contributed by atoms with Gasteiger partial charge in [0.2, 0.25) is 0 Å². The van der Waals surface area contributed by atoms with Gasteiger partial charge in [0.1, 0.15) is 4.60 Å². The number of pyridine rings is 1. The first-order chi connectivity index (χ1) is 6.77. The lowest BCUT2D eigenvalue weighted by atomic mass is 10.1. The minimum atomic E-state index is 0.873. The maximum absolute atomic E-state index is 4.42. The standard InChI is InChI=1S/C12H10BrN/c1-9-5-2-3-6-10(9)11-7-4-8-12(13)14-11/h2-8H,1H3. The Bertz CT molecular complexity index is 452. The number of benzene rings is 1. The summed E-state index contributed by atoms with van der Waals surface area (Å²) in [7, 11) is 0. The molecule has 1 heterocycles. The predicted octanol–water partition coefficient (Wildman–Crippen LogP) is 3.82. The topological polar surface area (TPSA) is 12.9 Å². The van der Waals surface area contributed by atoms with Crippen LogP contribution in [0.5, 0.6) is 0 Å². The molecule has 0 aliphatic rings. The maximum Gasteiger partial charge on any atom is 0.106 e. The molecule has 0 aliphatic carbocycles. The van der Waals surface area contributed by atoms with Crippen molar-refractivity contribution in [2.75, 3.05) is 0 Å². The number of hydrogen-bond acceptors (Lipinski definition) is 1. The first kappa shape index (κ1) is 9.41.